The average molecular weight is 321 g/mol. The molecule has 1 rings (SSSR count). The molecule has 0 fully saturated rings. The molecular formula is C12H20INO. The Hall–Kier alpha value is -0.130. The maximum atomic E-state index is 5.60. The second-order valence-electron chi connectivity index (χ2n) is 4.31. The zero-order valence-electron chi connectivity index (χ0n) is 9.96. The average Bonchev–Trinajstić information content (AvgIpc) is 2.18. The van der Waals surface area contributed by atoms with Crippen molar-refractivity contribution in [2.75, 3.05) is 25.6 Å². The topological polar surface area (TPSA) is 9.23 Å². The van der Waals surface area contributed by atoms with Gasteiger partial charge in [0, 0.05) is 0 Å². The van der Waals surface area contributed by atoms with Crippen LogP contribution in [-0.2, 0) is 9.67 Å². The van der Waals surface area contributed by atoms with Gasteiger partial charge in [-0.1, -0.05) is 0 Å². The maximum absolute atomic E-state index is 5.60. The molecule has 0 unspecified atom stereocenters. The predicted octanol–water partition coefficient (Wildman–Crippen LogP) is -0.576. The number of quaternary nitrogens is 1. The van der Waals surface area contributed by atoms with Crippen LogP contribution in [0.5, 0.6) is 0 Å². The molecule has 0 amide bonds. The summed E-state index contributed by atoms with van der Waals surface area (Å²) in [6.45, 7) is 2.95. The molecule has 0 aromatic heterocycles. The van der Waals surface area contributed by atoms with E-state index >= 15 is 0 Å². The molecule has 0 saturated carbocycles. The van der Waals surface area contributed by atoms with Gasteiger partial charge in [0.2, 0.25) is 0 Å². The van der Waals surface area contributed by atoms with Crippen LogP contribution in [-0.4, -0.2) is 25.6 Å². The van der Waals surface area contributed by atoms with E-state index < -0.39 is 0 Å². The summed E-state index contributed by atoms with van der Waals surface area (Å²) in [6.07, 6.45) is 0. The van der Waals surface area contributed by atoms with Crippen LogP contribution in [0.1, 0.15) is 12.5 Å². The van der Waals surface area contributed by atoms with Crippen LogP contribution in [0.25, 0.3) is 0 Å². The van der Waals surface area contributed by atoms with Crippen LogP contribution in [0, 0.1) is 0 Å². The Labute approximate surface area is 104 Å². The molecule has 0 radical (unpaired) electrons. The fourth-order valence-corrected chi connectivity index (χ4v) is 2.24. The summed E-state index contributed by atoms with van der Waals surface area (Å²) in [4.78, 5) is 0. The van der Waals surface area contributed by atoms with Crippen LogP contribution in [0.2, 0.25) is 0 Å². The molecule has 0 spiro atoms. The zero-order valence-corrected chi connectivity index (χ0v) is 12.1. The summed E-state index contributed by atoms with van der Waals surface area (Å²) in [7, 11) is 6.52. The fraction of sp³-hybridized carbons (Fsp3) is 0.500. The number of hydrogen-bond acceptors (Lipinski definition) is 1. The summed E-state index contributed by atoms with van der Waals surface area (Å²) in [5, 5.41) is 0. The van der Waals surface area contributed by atoms with Gasteiger partial charge in [-0.25, -0.2) is 0 Å². The van der Waals surface area contributed by atoms with Crippen molar-refractivity contribution in [1.82, 2.24) is 4.48 Å². The van der Waals surface area contributed by atoms with E-state index in [0.29, 0.717) is 0 Å². The van der Waals surface area contributed by atoms with E-state index in [1.165, 1.54) is 15.7 Å². The Morgan fingerprint density at radius 2 is 1.73 bits per heavy atom. The second kappa shape index (κ2) is 5.82. The third-order valence-corrected chi connectivity index (χ3v) is 3.49. The molecule has 0 heterocycles. The van der Waals surface area contributed by atoms with E-state index in [1.807, 2.05) is 0 Å². The predicted molar refractivity (Wildman–Crippen MR) is 61.3 cm³/mol. The number of alkyl halides is 1. The molecule has 1 aromatic rings. The van der Waals surface area contributed by atoms with Gasteiger partial charge in [-0.05, 0) is 0 Å². The Morgan fingerprint density at radius 1 is 1.13 bits per heavy atom. The van der Waals surface area contributed by atoms with E-state index in [4.69, 9.17) is 3.07 Å². The summed E-state index contributed by atoms with van der Waals surface area (Å²) in [5.74, 6) is 0. The van der Waals surface area contributed by atoms with Crippen LogP contribution < -0.4 is 26.1 Å². The van der Waals surface area contributed by atoms with Gasteiger partial charge < -0.3 is 0 Å². The van der Waals surface area contributed by atoms with Crippen molar-refractivity contribution < 1.29 is 24.7 Å². The number of halogens is 1. The minimum absolute atomic E-state index is 0.0327. The van der Waals surface area contributed by atoms with Gasteiger partial charge in [0.15, 0.2) is 0 Å². The van der Waals surface area contributed by atoms with Crippen LogP contribution in [0.15, 0.2) is 24.3 Å². The minimum atomic E-state index is -0.0327. The monoisotopic (exact) mass is 321 g/mol. The quantitative estimate of drug-likeness (QED) is 0.305. The van der Waals surface area contributed by atoms with E-state index in [0.717, 1.165) is 11.1 Å². The van der Waals surface area contributed by atoms with E-state index in [9.17, 15) is 0 Å². The summed E-state index contributed by atoms with van der Waals surface area (Å²) in [5.41, 5.74) is 2.60. The third kappa shape index (κ3) is 4.49. The molecule has 0 bridgehead atoms. The Kier molecular flexibility index (Phi) is 5.02. The molecule has 86 valence electrons. The Bertz CT molecular complexity index is 289. The Morgan fingerprint density at radius 3 is 2.20 bits per heavy atom. The second-order valence-corrected chi connectivity index (χ2v) is 7.08. The molecule has 0 aliphatic rings. The number of hydrogen-bond donors (Lipinski definition) is 0. The van der Waals surface area contributed by atoms with Crippen molar-refractivity contribution in [3.63, 3.8) is 0 Å². The fourth-order valence-electron chi connectivity index (χ4n) is 1.22. The normalized spacial score (nSPS) is 12.0. The van der Waals surface area contributed by atoms with Crippen molar-refractivity contribution >= 4 is 5.69 Å². The van der Waals surface area contributed by atoms with Gasteiger partial charge >= 0.3 is 104 Å². The molecule has 1 aromatic carbocycles. The third-order valence-electron chi connectivity index (χ3n) is 2.12. The molecular weight excluding hydrogens is 301 g/mol. The number of rotatable bonds is 5. The van der Waals surface area contributed by atoms with Gasteiger partial charge in [0.1, 0.15) is 0 Å². The molecule has 15 heavy (non-hydrogen) atoms. The summed E-state index contributed by atoms with van der Waals surface area (Å²) >= 11 is -0.0327. The van der Waals surface area contributed by atoms with Crippen molar-refractivity contribution in [2.24, 2.45) is 0 Å². The van der Waals surface area contributed by atoms with Crippen molar-refractivity contribution in [2.45, 2.75) is 13.5 Å². The molecule has 2 nitrogen and oxygen atoms in total. The van der Waals surface area contributed by atoms with Crippen LogP contribution in [0.3, 0.4) is 0 Å². The molecule has 0 aliphatic carbocycles. The van der Waals surface area contributed by atoms with Gasteiger partial charge in [0.25, 0.3) is 0 Å². The standard InChI is InChI=1S/C12H20INO/c1-5-13-15-10-11-6-8-12(9-7-11)14(2,3)4/h6-9H,5,10H2,1-4H3. The molecule has 0 atom stereocenters. The number of benzene rings is 1. The van der Waals surface area contributed by atoms with Crippen molar-refractivity contribution in [3.05, 3.63) is 29.8 Å². The first-order valence-electron chi connectivity index (χ1n) is 5.16. The molecule has 0 saturated heterocycles. The zero-order chi connectivity index (χ0) is 11.3. The van der Waals surface area contributed by atoms with Gasteiger partial charge in [-0.15, -0.1) is 0 Å². The molecule has 0 N–H and O–H groups in total. The van der Waals surface area contributed by atoms with Gasteiger partial charge in [0.05, 0.1) is 0 Å². The van der Waals surface area contributed by atoms with E-state index in [2.05, 4.69) is 52.3 Å². The van der Waals surface area contributed by atoms with Crippen LogP contribution in [0.4, 0.5) is 5.69 Å². The molecule has 0 aliphatic heterocycles. The van der Waals surface area contributed by atoms with Gasteiger partial charge in [-0.3, -0.25) is 0 Å². The summed E-state index contributed by atoms with van der Waals surface area (Å²) in [6, 6.07) is 8.70. The van der Waals surface area contributed by atoms with Crippen molar-refractivity contribution in [3.8, 4) is 0 Å². The first kappa shape index (κ1) is 12.9. The number of nitrogens with zero attached hydrogens (tertiary/aromatic N) is 1. The first-order chi connectivity index (χ1) is 7.04. The summed E-state index contributed by atoms with van der Waals surface area (Å²) < 4.78 is 7.65. The van der Waals surface area contributed by atoms with Crippen molar-refractivity contribution in [1.29, 1.82) is 0 Å². The SMILES string of the molecule is CC[I-]OCc1ccc([N+](C)(C)C)cc1. The Balaban J connectivity index is 2.57. The first-order valence-corrected chi connectivity index (χ1v) is 7.56. The van der Waals surface area contributed by atoms with E-state index in [-0.39, 0.29) is 21.6 Å². The van der Waals surface area contributed by atoms with Crippen LogP contribution >= 0.6 is 0 Å². The van der Waals surface area contributed by atoms with E-state index in [1.54, 1.807) is 0 Å². The molecule has 3 heteroatoms. The van der Waals surface area contributed by atoms with Gasteiger partial charge in [-0.2, -0.15) is 0 Å².